The fourth-order valence-electron chi connectivity index (χ4n) is 5.81. The number of ether oxygens (including phenoxy) is 2. The number of methoxy groups -OCH3 is 2. The van der Waals surface area contributed by atoms with Gasteiger partial charge in [-0.15, -0.1) is 0 Å². The van der Waals surface area contributed by atoms with Gasteiger partial charge in [-0.05, 0) is 127 Å². The Balaban J connectivity index is 0. The van der Waals surface area contributed by atoms with Crippen molar-refractivity contribution in [2.45, 2.75) is 129 Å². The van der Waals surface area contributed by atoms with Gasteiger partial charge in [0.1, 0.15) is 5.75 Å². The van der Waals surface area contributed by atoms with Crippen molar-refractivity contribution in [1.82, 2.24) is 0 Å². The molecule has 0 saturated carbocycles. The predicted octanol–water partition coefficient (Wildman–Crippen LogP) is 13.6. The van der Waals surface area contributed by atoms with Crippen LogP contribution < -0.4 is 4.74 Å². The Bertz CT molecular complexity index is 1200. The smallest absolute Gasteiger partial charge is 0.119 e. The van der Waals surface area contributed by atoms with Gasteiger partial charge in [-0.1, -0.05) is 118 Å². The molecule has 0 aliphatic carbocycles. The van der Waals surface area contributed by atoms with Crippen LogP contribution in [0.4, 0.5) is 0 Å². The van der Waals surface area contributed by atoms with Gasteiger partial charge in [-0.25, -0.2) is 0 Å². The molecule has 0 spiro atoms. The lowest BCUT2D eigenvalue weighted by atomic mass is 9.92. The minimum atomic E-state index is 0. The van der Waals surface area contributed by atoms with Gasteiger partial charge in [0.15, 0.2) is 0 Å². The third-order valence-corrected chi connectivity index (χ3v) is 8.35. The summed E-state index contributed by atoms with van der Waals surface area (Å²) in [6.45, 7) is 31.7. The van der Waals surface area contributed by atoms with Crippen molar-refractivity contribution >= 4 is 11.6 Å². The van der Waals surface area contributed by atoms with Crippen LogP contribution in [0.5, 0.6) is 5.75 Å². The van der Waals surface area contributed by atoms with E-state index in [1.54, 1.807) is 14.2 Å². The van der Waals surface area contributed by atoms with E-state index in [1.165, 1.54) is 50.9 Å². The van der Waals surface area contributed by atoms with Gasteiger partial charge >= 0.3 is 0 Å². The molecule has 0 bridgehead atoms. The van der Waals surface area contributed by atoms with Crippen LogP contribution in [0, 0.1) is 46.5 Å². The maximum Gasteiger partial charge on any atom is 0.119 e. The first-order valence-electron chi connectivity index (χ1n) is 16.5. The van der Waals surface area contributed by atoms with Crippen LogP contribution >= 0.6 is 11.6 Å². The molecule has 0 amide bonds. The van der Waals surface area contributed by atoms with Crippen LogP contribution in [0.1, 0.15) is 138 Å². The molecule has 2 nitrogen and oxygen atoms in total. The van der Waals surface area contributed by atoms with Crippen molar-refractivity contribution in [1.29, 1.82) is 0 Å². The predicted molar refractivity (Wildman–Crippen MR) is 204 cm³/mol. The maximum atomic E-state index is 5.82. The zero-order valence-electron chi connectivity index (χ0n) is 31.1. The van der Waals surface area contributed by atoms with E-state index in [4.69, 9.17) is 21.1 Å². The van der Waals surface area contributed by atoms with Crippen LogP contribution in [0.2, 0.25) is 5.02 Å². The van der Waals surface area contributed by atoms with E-state index >= 15 is 0 Å². The molecule has 0 N–H and O–H groups in total. The fourth-order valence-corrected chi connectivity index (χ4v) is 6.03. The summed E-state index contributed by atoms with van der Waals surface area (Å²) in [6.07, 6.45) is 1.23. The summed E-state index contributed by atoms with van der Waals surface area (Å²) >= 11 is 5.82. The Labute approximate surface area is 285 Å². The van der Waals surface area contributed by atoms with Crippen molar-refractivity contribution in [3.05, 3.63) is 98.1 Å². The van der Waals surface area contributed by atoms with Gasteiger partial charge in [-0.3, -0.25) is 0 Å². The second-order valence-corrected chi connectivity index (χ2v) is 13.8. The maximum absolute atomic E-state index is 5.82. The Morgan fingerprint density at radius 2 is 1.09 bits per heavy atom. The van der Waals surface area contributed by atoms with Gasteiger partial charge in [0.2, 0.25) is 0 Å². The lowest BCUT2D eigenvalue weighted by molar-refractivity contribution is 0.127. The van der Waals surface area contributed by atoms with Crippen LogP contribution in [0.3, 0.4) is 0 Å². The number of hydrogen-bond donors (Lipinski definition) is 0. The largest absolute Gasteiger partial charge is 0.497 e. The second kappa shape index (κ2) is 23.1. The Morgan fingerprint density at radius 3 is 1.40 bits per heavy atom. The molecule has 1 atom stereocenters. The Hall–Kier alpha value is -2.29. The molecule has 3 aromatic rings. The molecule has 0 aliphatic heterocycles. The molecular formula is C42H69ClO2. The van der Waals surface area contributed by atoms with Crippen molar-refractivity contribution in [3.8, 4) is 5.75 Å². The Morgan fingerprint density at radius 1 is 0.622 bits per heavy atom. The molecule has 3 heteroatoms. The van der Waals surface area contributed by atoms with Crippen LogP contribution in [-0.4, -0.2) is 20.8 Å². The first-order chi connectivity index (χ1) is 20.5. The molecule has 256 valence electrons. The normalized spacial score (nSPS) is 11.1. The highest BCUT2D eigenvalue weighted by Crippen LogP contribution is 2.25. The summed E-state index contributed by atoms with van der Waals surface area (Å²) in [5, 5.41) is 0.826. The van der Waals surface area contributed by atoms with Gasteiger partial charge in [-0.2, -0.15) is 0 Å². The Kier molecular flexibility index (Phi) is 23.0. The quantitative estimate of drug-likeness (QED) is 0.244. The fraction of sp³-hybridized carbons (Fsp3) is 0.571. The van der Waals surface area contributed by atoms with Gasteiger partial charge < -0.3 is 9.47 Å². The van der Waals surface area contributed by atoms with E-state index in [1.807, 2.05) is 18.2 Å². The van der Waals surface area contributed by atoms with Gasteiger partial charge in [0.25, 0.3) is 0 Å². The number of halogens is 1. The van der Waals surface area contributed by atoms with E-state index in [-0.39, 0.29) is 7.43 Å². The summed E-state index contributed by atoms with van der Waals surface area (Å²) in [7, 11) is 3.47. The molecule has 1 unspecified atom stereocenters. The molecule has 0 aromatic heterocycles. The zero-order chi connectivity index (χ0) is 34.1. The molecule has 0 heterocycles. The summed E-state index contributed by atoms with van der Waals surface area (Å²) in [6, 6.07) is 16.8. The molecule has 3 rings (SSSR count). The molecule has 0 radical (unpaired) electrons. The molecule has 0 saturated heterocycles. The van der Waals surface area contributed by atoms with E-state index in [9.17, 15) is 0 Å². The number of hydrogen-bond acceptors (Lipinski definition) is 2. The molecular weight excluding hydrogens is 572 g/mol. The molecule has 0 aliphatic rings. The highest BCUT2D eigenvalue weighted by atomic mass is 35.5. The zero-order valence-corrected chi connectivity index (χ0v) is 31.9. The lowest BCUT2D eigenvalue weighted by Crippen LogP contribution is -2.13. The van der Waals surface area contributed by atoms with E-state index < -0.39 is 0 Å². The number of aryl methyl sites for hydroxylation is 5. The van der Waals surface area contributed by atoms with E-state index in [0.29, 0.717) is 17.8 Å². The van der Waals surface area contributed by atoms with E-state index in [2.05, 4.69) is 127 Å². The van der Waals surface area contributed by atoms with Gasteiger partial charge in [0, 0.05) is 18.7 Å². The van der Waals surface area contributed by atoms with Crippen molar-refractivity contribution in [2.24, 2.45) is 11.8 Å². The summed E-state index contributed by atoms with van der Waals surface area (Å²) < 4.78 is 10.2. The second-order valence-electron chi connectivity index (χ2n) is 13.4. The summed E-state index contributed by atoms with van der Waals surface area (Å²) in [4.78, 5) is 0. The third-order valence-electron chi connectivity index (χ3n) is 8.12. The van der Waals surface area contributed by atoms with Gasteiger partial charge in [0.05, 0.1) is 7.11 Å². The van der Waals surface area contributed by atoms with Crippen molar-refractivity contribution in [2.75, 3.05) is 20.8 Å². The molecule has 3 aromatic carbocycles. The van der Waals surface area contributed by atoms with Crippen LogP contribution in [0.25, 0.3) is 0 Å². The van der Waals surface area contributed by atoms with Crippen LogP contribution in [-0.2, 0) is 4.74 Å². The lowest BCUT2D eigenvalue weighted by Gasteiger charge is -2.16. The van der Waals surface area contributed by atoms with Crippen molar-refractivity contribution < 1.29 is 9.47 Å². The van der Waals surface area contributed by atoms with E-state index in [0.717, 1.165) is 29.2 Å². The minimum Gasteiger partial charge on any atom is -0.497 e. The topological polar surface area (TPSA) is 18.5 Å². The molecule has 0 fully saturated rings. The first-order valence-corrected chi connectivity index (χ1v) is 16.8. The average Bonchev–Trinajstić information content (AvgIpc) is 2.91. The molecule has 45 heavy (non-hydrogen) atoms. The highest BCUT2D eigenvalue weighted by Gasteiger charge is 2.09. The third kappa shape index (κ3) is 16.7. The summed E-state index contributed by atoms with van der Waals surface area (Å²) in [5.74, 6) is 4.27. The standard InChI is InChI=1S/C12H18.C11H16O.C10H13Cl.C8H18O.CH4/c1-8(2)12-10(4)6-9(3)7-11(12)5;1-8(2)11-6-5-10(12-4)7-9(11)3;1-7(2)10-5-4-9(11)6-8(10)3;1-5-8(6-9-4)7(2)3;/h6-8H,1-5H3;5-8H,1-4H3;4-7H,1-3H3;7-8H,5-6H2,1-4H3;1H4. The highest BCUT2D eigenvalue weighted by molar-refractivity contribution is 6.30. The van der Waals surface area contributed by atoms with Crippen LogP contribution in [0.15, 0.2) is 48.5 Å². The SMILES string of the molecule is C.CCC(COC)C(C)C.COc1ccc(C(C)C)c(C)c1.Cc1cc(C)c(C(C)C)c(C)c1.Cc1cc(Cl)ccc1C(C)C. The first kappa shape index (κ1) is 44.8. The average molecular weight is 641 g/mol. The minimum absolute atomic E-state index is 0. The number of rotatable bonds is 8. The summed E-state index contributed by atoms with van der Waals surface area (Å²) in [5.41, 5.74) is 11.1. The van der Waals surface area contributed by atoms with Crippen molar-refractivity contribution in [3.63, 3.8) is 0 Å². The monoisotopic (exact) mass is 640 g/mol. The number of benzene rings is 3.